The van der Waals surface area contributed by atoms with Crippen molar-refractivity contribution in [1.82, 2.24) is 4.90 Å². The molecule has 1 aliphatic heterocycles. The van der Waals surface area contributed by atoms with E-state index >= 15 is 0 Å². The number of hydrogen-bond donors (Lipinski definition) is 1. The Kier molecular flexibility index (Phi) is 5.92. The molecule has 0 unspecified atom stereocenters. The van der Waals surface area contributed by atoms with Gasteiger partial charge in [0.25, 0.3) is 11.6 Å². The summed E-state index contributed by atoms with van der Waals surface area (Å²) in [5, 5.41) is 19.6. The van der Waals surface area contributed by atoms with E-state index in [1.807, 2.05) is 0 Å². The molecule has 1 aliphatic rings. The zero-order valence-electron chi connectivity index (χ0n) is 12.1. The van der Waals surface area contributed by atoms with E-state index in [4.69, 9.17) is 28.9 Å². The molecule has 1 N–H and O–H groups in total. The van der Waals surface area contributed by atoms with Gasteiger partial charge < -0.3 is 5.11 Å². The summed E-state index contributed by atoms with van der Waals surface area (Å²) >= 11 is 12.0. The van der Waals surface area contributed by atoms with Crippen molar-refractivity contribution in [3.63, 3.8) is 0 Å². The molecule has 0 spiro atoms. The van der Waals surface area contributed by atoms with E-state index in [1.54, 1.807) is 6.07 Å². The number of rotatable bonds is 6. The van der Waals surface area contributed by atoms with Crippen molar-refractivity contribution >= 4 is 63.5 Å². The Bertz CT molecular complexity index is 766. The molecule has 2 rings (SSSR count). The minimum atomic E-state index is -0.940. The third-order valence-corrected chi connectivity index (χ3v) is 4.81. The average molecular weight is 387 g/mol. The van der Waals surface area contributed by atoms with Gasteiger partial charge >= 0.3 is 5.97 Å². The number of nitro groups is 1. The van der Waals surface area contributed by atoms with Crippen LogP contribution in [0.1, 0.15) is 18.4 Å². The van der Waals surface area contributed by atoms with Gasteiger partial charge in [0.2, 0.25) is 0 Å². The Morgan fingerprint density at radius 1 is 1.50 bits per heavy atom. The van der Waals surface area contributed by atoms with Gasteiger partial charge in [-0.3, -0.25) is 24.6 Å². The van der Waals surface area contributed by atoms with Gasteiger partial charge in [0.1, 0.15) is 9.34 Å². The fourth-order valence-electron chi connectivity index (χ4n) is 1.99. The zero-order valence-corrected chi connectivity index (χ0v) is 14.5. The summed E-state index contributed by atoms with van der Waals surface area (Å²) in [6.45, 7) is 0.217. The number of nitrogens with zero attached hydrogens (tertiary/aromatic N) is 2. The van der Waals surface area contributed by atoms with Crippen LogP contribution in [0.4, 0.5) is 5.69 Å². The number of halogens is 1. The van der Waals surface area contributed by atoms with Crippen LogP contribution in [-0.2, 0) is 9.59 Å². The van der Waals surface area contributed by atoms with Crippen molar-refractivity contribution in [2.75, 3.05) is 6.54 Å². The highest BCUT2D eigenvalue weighted by Gasteiger charge is 2.31. The van der Waals surface area contributed by atoms with Crippen LogP contribution in [0, 0.1) is 10.1 Å². The zero-order chi connectivity index (χ0) is 17.9. The molecule has 0 radical (unpaired) electrons. The second-order valence-corrected chi connectivity index (χ2v) is 6.88. The lowest BCUT2D eigenvalue weighted by Gasteiger charge is -2.13. The topological polar surface area (TPSA) is 101 Å². The molecule has 24 heavy (non-hydrogen) atoms. The van der Waals surface area contributed by atoms with E-state index in [1.165, 1.54) is 23.1 Å². The lowest BCUT2D eigenvalue weighted by Crippen LogP contribution is -2.29. The van der Waals surface area contributed by atoms with Crippen LogP contribution in [0.5, 0.6) is 0 Å². The first-order valence-corrected chi connectivity index (χ1v) is 8.31. The number of thioether (sulfide) groups is 1. The normalized spacial score (nSPS) is 16.0. The maximum atomic E-state index is 12.3. The Morgan fingerprint density at radius 2 is 2.21 bits per heavy atom. The number of thiocarbonyl (C=S) groups is 1. The lowest BCUT2D eigenvalue weighted by molar-refractivity contribution is -0.384. The number of aliphatic carboxylic acids is 1. The Balaban J connectivity index is 2.18. The second-order valence-electron chi connectivity index (χ2n) is 4.80. The van der Waals surface area contributed by atoms with E-state index < -0.39 is 10.9 Å². The number of hydrogen-bond acceptors (Lipinski definition) is 6. The standard InChI is InChI=1S/C14H11ClN2O5S2/c15-9-4-3-8(6-10(9)17(21)22)7-11-13(20)16(14(23)24-11)5-1-2-12(18)19/h3-4,6-7H,1-2,5H2,(H,18,19). The summed E-state index contributed by atoms with van der Waals surface area (Å²) in [6.07, 6.45) is 1.74. The molecule has 0 aromatic heterocycles. The maximum absolute atomic E-state index is 12.3. The molecule has 1 aromatic rings. The molecule has 0 atom stereocenters. The molecular formula is C14H11ClN2O5S2. The minimum absolute atomic E-state index is 0.0124. The van der Waals surface area contributed by atoms with E-state index in [-0.39, 0.29) is 29.6 Å². The molecule has 1 amide bonds. The molecule has 1 aromatic carbocycles. The van der Waals surface area contributed by atoms with Crippen molar-refractivity contribution in [2.45, 2.75) is 12.8 Å². The van der Waals surface area contributed by atoms with Crippen LogP contribution in [0.15, 0.2) is 23.1 Å². The number of carbonyl (C=O) groups excluding carboxylic acids is 1. The van der Waals surface area contributed by atoms with Crippen LogP contribution in [0.2, 0.25) is 5.02 Å². The van der Waals surface area contributed by atoms with Gasteiger partial charge in [-0.2, -0.15) is 0 Å². The highest BCUT2D eigenvalue weighted by molar-refractivity contribution is 8.26. The van der Waals surface area contributed by atoms with E-state index in [9.17, 15) is 19.7 Å². The van der Waals surface area contributed by atoms with Crippen molar-refractivity contribution in [3.05, 3.63) is 43.8 Å². The van der Waals surface area contributed by atoms with Gasteiger partial charge in [-0.1, -0.05) is 41.6 Å². The first-order valence-electron chi connectivity index (χ1n) is 6.70. The van der Waals surface area contributed by atoms with Crippen LogP contribution in [0.3, 0.4) is 0 Å². The third kappa shape index (κ3) is 4.31. The SMILES string of the molecule is O=C(O)CCCN1C(=O)C(=Cc2ccc(Cl)c([N+](=O)[O-])c2)SC1=S. The molecule has 1 saturated heterocycles. The van der Waals surface area contributed by atoms with Gasteiger partial charge in [0, 0.05) is 19.0 Å². The average Bonchev–Trinajstić information content (AvgIpc) is 2.76. The predicted molar refractivity (Wildman–Crippen MR) is 94.9 cm³/mol. The van der Waals surface area contributed by atoms with E-state index in [0.717, 1.165) is 11.8 Å². The Hall–Kier alpha value is -1.97. The Labute approximate surface area is 151 Å². The van der Waals surface area contributed by atoms with Crippen molar-refractivity contribution in [2.24, 2.45) is 0 Å². The second kappa shape index (κ2) is 7.73. The summed E-state index contributed by atoms with van der Waals surface area (Å²) in [6, 6.07) is 4.23. The summed E-state index contributed by atoms with van der Waals surface area (Å²) < 4.78 is 0.333. The molecule has 0 bridgehead atoms. The monoisotopic (exact) mass is 386 g/mol. The molecule has 7 nitrogen and oxygen atoms in total. The summed E-state index contributed by atoms with van der Waals surface area (Å²) in [7, 11) is 0. The molecule has 0 aliphatic carbocycles. The summed E-state index contributed by atoms with van der Waals surface area (Å²) in [5.41, 5.74) is 0.208. The number of carbonyl (C=O) groups is 2. The van der Waals surface area contributed by atoms with Gasteiger partial charge in [-0.05, 0) is 24.1 Å². The molecule has 1 fully saturated rings. The largest absolute Gasteiger partial charge is 0.481 e. The summed E-state index contributed by atoms with van der Waals surface area (Å²) in [4.78, 5) is 34.8. The predicted octanol–water partition coefficient (Wildman–Crippen LogP) is 3.31. The number of amides is 1. The van der Waals surface area contributed by atoms with Gasteiger partial charge in [0.15, 0.2) is 0 Å². The fourth-order valence-corrected chi connectivity index (χ4v) is 3.49. The molecule has 1 heterocycles. The van der Waals surface area contributed by atoms with Crippen LogP contribution >= 0.6 is 35.6 Å². The van der Waals surface area contributed by atoms with Gasteiger partial charge in [-0.25, -0.2) is 0 Å². The van der Waals surface area contributed by atoms with Crippen molar-refractivity contribution in [1.29, 1.82) is 0 Å². The first-order chi connectivity index (χ1) is 11.3. The number of carboxylic acid groups (broad SMARTS) is 1. The van der Waals surface area contributed by atoms with Crippen molar-refractivity contribution < 1.29 is 19.6 Å². The Morgan fingerprint density at radius 3 is 2.83 bits per heavy atom. The molecular weight excluding hydrogens is 376 g/mol. The van der Waals surface area contributed by atoms with Gasteiger partial charge in [0.05, 0.1) is 9.83 Å². The number of carboxylic acids is 1. The fraction of sp³-hybridized carbons (Fsp3) is 0.214. The number of benzene rings is 1. The molecule has 10 heteroatoms. The maximum Gasteiger partial charge on any atom is 0.303 e. The molecule has 0 saturated carbocycles. The third-order valence-electron chi connectivity index (χ3n) is 3.11. The summed E-state index contributed by atoms with van der Waals surface area (Å²) in [5.74, 6) is -1.28. The minimum Gasteiger partial charge on any atom is -0.481 e. The lowest BCUT2D eigenvalue weighted by atomic mass is 10.2. The highest BCUT2D eigenvalue weighted by Crippen LogP contribution is 2.34. The van der Waals surface area contributed by atoms with Crippen LogP contribution < -0.4 is 0 Å². The number of nitro benzene ring substituents is 1. The van der Waals surface area contributed by atoms with E-state index in [0.29, 0.717) is 21.2 Å². The smallest absolute Gasteiger partial charge is 0.303 e. The van der Waals surface area contributed by atoms with Crippen molar-refractivity contribution in [3.8, 4) is 0 Å². The highest BCUT2D eigenvalue weighted by atomic mass is 35.5. The van der Waals surface area contributed by atoms with Crippen LogP contribution in [0.25, 0.3) is 6.08 Å². The quantitative estimate of drug-likeness (QED) is 0.346. The van der Waals surface area contributed by atoms with Crippen LogP contribution in [-0.4, -0.2) is 37.7 Å². The van der Waals surface area contributed by atoms with E-state index in [2.05, 4.69) is 0 Å². The van der Waals surface area contributed by atoms with Gasteiger partial charge in [-0.15, -0.1) is 0 Å². The first kappa shape index (κ1) is 18.4. The molecule has 126 valence electrons.